The Morgan fingerprint density at radius 1 is 1.45 bits per heavy atom. The maximum atomic E-state index is 11.2. The molecule has 1 aliphatic rings. The third-order valence-electron chi connectivity index (χ3n) is 3.79. The fourth-order valence-corrected chi connectivity index (χ4v) is 2.55. The van der Waals surface area contributed by atoms with E-state index >= 15 is 0 Å². The number of anilines is 1. The Hall–Kier alpha value is -1.66. The molecule has 0 aromatic heterocycles. The normalized spacial score (nSPS) is 18.1. The van der Waals surface area contributed by atoms with Gasteiger partial charge in [-0.3, -0.25) is 10.1 Å². The highest BCUT2D eigenvalue weighted by molar-refractivity contribution is 5.64. The van der Waals surface area contributed by atoms with Crippen LogP contribution in [-0.4, -0.2) is 36.3 Å². The van der Waals surface area contributed by atoms with Gasteiger partial charge in [-0.25, -0.2) is 0 Å². The van der Waals surface area contributed by atoms with Crippen LogP contribution in [0, 0.1) is 10.1 Å². The third kappa shape index (κ3) is 3.08. The summed E-state index contributed by atoms with van der Waals surface area (Å²) >= 11 is 0. The summed E-state index contributed by atoms with van der Waals surface area (Å²) in [6.45, 7) is 3.09. The molecule has 1 unspecified atom stereocenters. The number of piperidine rings is 1. The number of nitro benzene ring substituents is 1. The van der Waals surface area contributed by atoms with Crippen molar-refractivity contribution in [3.8, 4) is 0 Å². The zero-order chi connectivity index (χ0) is 14.7. The number of methoxy groups -OCH3 is 1. The Morgan fingerprint density at radius 3 is 2.60 bits per heavy atom. The van der Waals surface area contributed by atoms with Gasteiger partial charge in [-0.15, -0.1) is 0 Å². The SMILES string of the molecule is COC1CCN(c2ccc(C(C)O)cc2[N+](=O)[O-])CC1. The number of hydrogen-bond donors (Lipinski definition) is 1. The molecule has 0 bridgehead atoms. The zero-order valence-corrected chi connectivity index (χ0v) is 11.8. The first-order chi connectivity index (χ1) is 9.52. The van der Waals surface area contributed by atoms with Crippen LogP contribution in [-0.2, 0) is 4.74 Å². The molecular weight excluding hydrogens is 260 g/mol. The molecule has 2 rings (SSSR count). The fraction of sp³-hybridized carbons (Fsp3) is 0.571. The summed E-state index contributed by atoms with van der Waals surface area (Å²) in [5.74, 6) is 0. The number of nitrogens with zero attached hydrogens (tertiary/aromatic N) is 2. The molecule has 1 aromatic rings. The molecule has 0 radical (unpaired) electrons. The van der Waals surface area contributed by atoms with Gasteiger partial charge < -0.3 is 14.7 Å². The molecule has 110 valence electrons. The number of hydrogen-bond acceptors (Lipinski definition) is 5. The van der Waals surface area contributed by atoms with E-state index in [-0.39, 0.29) is 16.7 Å². The second-order valence-electron chi connectivity index (χ2n) is 5.10. The van der Waals surface area contributed by atoms with E-state index in [1.165, 1.54) is 6.07 Å². The number of nitro groups is 1. The van der Waals surface area contributed by atoms with Crippen molar-refractivity contribution in [3.05, 3.63) is 33.9 Å². The molecule has 1 saturated heterocycles. The molecule has 1 aromatic carbocycles. The van der Waals surface area contributed by atoms with Crippen LogP contribution >= 0.6 is 0 Å². The summed E-state index contributed by atoms with van der Waals surface area (Å²) in [7, 11) is 1.69. The second kappa shape index (κ2) is 6.19. The summed E-state index contributed by atoms with van der Waals surface area (Å²) in [4.78, 5) is 12.9. The summed E-state index contributed by atoms with van der Waals surface area (Å²) in [6, 6.07) is 4.94. The predicted octanol–water partition coefficient (Wildman–Crippen LogP) is 2.26. The van der Waals surface area contributed by atoms with Crippen LogP contribution in [0.15, 0.2) is 18.2 Å². The van der Waals surface area contributed by atoms with Gasteiger partial charge in [-0.1, -0.05) is 6.07 Å². The minimum atomic E-state index is -0.707. The van der Waals surface area contributed by atoms with E-state index in [0.717, 1.165) is 25.9 Å². The van der Waals surface area contributed by atoms with Gasteiger partial charge in [0.15, 0.2) is 0 Å². The molecule has 1 aliphatic heterocycles. The van der Waals surface area contributed by atoms with Gasteiger partial charge in [-0.2, -0.15) is 0 Å². The average Bonchev–Trinajstić information content (AvgIpc) is 2.46. The van der Waals surface area contributed by atoms with Gasteiger partial charge in [0.2, 0.25) is 0 Å². The second-order valence-corrected chi connectivity index (χ2v) is 5.10. The number of benzene rings is 1. The fourth-order valence-electron chi connectivity index (χ4n) is 2.55. The van der Waals surface area contributed by atoms with Crippen LogP contribution in [0.1, 0.15) is 31.4 Å². The average molecular weight is 280 g/mol. The van der Waals surface area contributed by atoms with Crippen molar-refractivity contribution in [2.75, 3.05) is 25.1 Å². The van der Waals surface area contributed by atoms with Crippen LogP contribution in [0.5, 0.6) is 0 Å². The lowest BCUT2D eigenvalue weighted by Gasteiger charge is -2.32. The maximum Gasteiger partial charge on any atom is 0.292 e. The Labute approximate surface area is 118 Å². The highest BCUT2D eigenvalue weighted by Crippen LogP contribution is 2.33. The van der Waals surface area contributed by atoms with Gasteiger partial charge in [-0.05, 0) is 31.4 Å². The topological polar surface area (TPSA) is 75.8 Å². The first-order valence-electron chi connectivity index (χ1n) is 6.77. The van der Waals surface area contributed by atoms with Gasteiger partial charge in [0.25, 0.3) is 5.69 Å². The van der Waals surface area contributed by atoms with Crippen molar-refractivity contribution in [2.45, 2.75) is 32.0 Å². The molecule has 6 heteroatoms. The van der Waals surface area contributed by atoms with Crippen LogP contribution in [0.4, 0.5) is 11.4 Å². The van der Waals surface area contributed by atoms with Gasteiger partial charge >= 0.3 is 0 Å². The van der Waals surface area contributed by atoms with E-state index in [9.17, 15) is 15.2 Å². The molecule has 0 saturated carbocycles. The number of rotatable bonds is 4. The van der Waals surface area contributed by atoms with Crippen LogP contribution in [0.3, 0.4) is 0 Å². The lowest BCUT2D eigenvalue weighted by molar-refractivity contribution is -0.384. The Balaban J connectivity index is 2.25. The van der Waals surface area contributed by atoms with E-state index in [1.54, 1.807) is 26.2 Å². The molecule has 1 fully saturated rings. The Morgan fingerprint density at radius 2 is 2.10 bits per heavy atom. The Kier molecular flexibility index (Phi) is 4.57. The highest BCUT2D eigenvalue weighted by Gasteiger charge is 2.25. The number of aliphatic hydroxyl groups is 1. The largest absolute Gasteiger partial charge is 0.389 e. The smallest absolute Gasteiger partial charge is 0.292 e. The van der Waals surface area contributed by atoms with E-state index in [0.29, 0.717) is 11.3 Å². The summed E-state index contributed by atoms with van der Waals surface area (Å²) in [5.41, 5.74) is 1.24. The number of aliphatic hydroxyl groups excluding tert-OH is 1. The molecule has 0 amide bonds. The first-order valence-corrected chi connectivity index (χ1v) is 6.77. The molecule has 1 heterocycles. The molecule has 6 nitrogen and oxygen atoms in total. The lowest BCUT2D eigenvalue weighted by Crippen LogP contribution is -2.36. The van der Waals surface area contributed by atoms with Gasteiger partial charge in [0.1, 0.15) is 5.69 Å². The quantitative estimate of drug-likeness (QED) is 0.676. The molecule has 20 heavy (non-hydrogen) atoms. The molecule has 0 aliphatic carbocycles. The van der Waals surface area contributed by atoms with Crippen LogP contribution in [0.2, 0.25) is 0 Å². The van der Waals surface area contributed by atoms with Crippen molar-refractivity contribution >= 4 is 11.4 Å². The lowest BCUT2D eigenvalue weighted by atomic mass is 10.0. The van der Waals surface area contributed by atoms with Crippen LogP contribution < -0.4 is 4.90 Å². The molecule has 1 atom stereocenters. The van der Waals surface area contributed by atoms with Gasteiger partial charge in [0, 0.05) is 26.3 Å². The summed E-state index contributed by atoms with van der Waals surface area (Å²) < 4.78 is 5.31. The van der Waals surface area contributed by atoms with Crippen molar-refractivity contribution < 1.29 is 14.8 Å². The zero-order valence-electron chi connectivity index (χ0n) is 11.8. The summed E-state index contributed by atoms with van der Waals surface area (Å²) in [6.07, 6.45) is 1.27. The van der Waals surface area contributed by atoms with E-state index in [2.05, 4.69) is 0 Å². The molecule has 1 N–H and O–H groups in total. The minimum absolute atomic E-state index is 0.0549. The predicted molar refractivity (Wildman–Crippen MR) is 76.0 cm³/mol. The van der Waals surface area contributed by atoms with Crippen molar-refractivity contribution in [1.29, 1.82) is 0 Å². The van der Waals surface area contributed by atoms with E-state index in [1.807, 2.05) is 4.90 Å². The Bertz CT molecular complexity index is 482. The van der Waals surface area contributed by atoms with E-state index in [4.69, 9.17) is 4.74 Å². The minimum Gasteiger partial charge on any atom is -0.389 e. The van der Waals surface area contributed by atoms with Gasteiger partial charge in [0.05, 0.1) is 17.1 Å². The first kappa shape index (κ1) is 14.7. The standard InChI is InChI=1S/C14H20N2O4/c1-10(17)11-3-4-13(14(9-11)16(18)19)15-7-5-12(20-2)6-8-15/h3-4,9-10,12,17H,5-8H2,1-2H3. The van der Waals surface area contributed by atoms with Crippen molar-refractivity contribution in [2.24, 2.45) is 0 Å². The highest BCUT2D eigenvalue weighted by atomic mass is 16.6. The van der Waals surface area contributed by atoms with Crippen molar-refractivity contribution in [3.63, 3.8) is 0 Å². The number of ether oxygens (including phenoxy) is 1. The molecular formula is C14H20N2O4. The monoisotopic (exact) mass is 280 g/mol. The summed E-state index contributed by atoms with van der Waals surface area (Å²) in [5, 5.41) is 20.8. The third-order valence-corrected chi connectivity index (χ3v) is 3.79. The molecule has 0 spiro atoms. The van der Waals surface area contributed by atoms with E-state index < -0.39 is 6.10 Å². The van der Waals surface area contributed by atoms with Crippen LogP contribution in [0.25, 0.3) is 0 Å². The maximum absolute atomic E-state index is 11.2. The van der Waals surface area contributed by atoms with Crippen molar-refractivity contribution in [1.82, 2.24) is 0 Å².